The van der Waals surface area contributed by atoms with E-state index in [4.69, 9.17) is 10.5 Å². The molecule has 0 bridgehead atoms. The third-order valence-electron chi connectivity index (χ3n) is 3.45. The zero-order chi connectivity index (χ0) is 14.0. The SMILES string of the molecule is Cc1cc(F)ccc1C(=O)N1CC(CN)OCC1C. The predicted octanol–water partition coefficient (Wildman–Crippen LogP) is 1.32. The Balaban J connectivity index is 2.22. The maximum Gasteiger partial charge on any atom is 0.254 e. The fourth-order valence-corrected chi connectivity index (χ4v) is 2.26. The summed E-state index contributed by atoms with van der Waals surface area (Å²) in [5, 5.41) is 0. The summed E-state index contributed by atoms with van der Waals surface area (Å²) in [6.45, 7) is 5.02. The van der Waals surface area contributed by atoms with Crippen LogP contribution in [0.1, 0.15) is 22.8 Å². The molecule has 2 N–H and O–H groups in total. The first-order valence-corrected chi connectivity index (χ1v) is 6.41. The largest absolute Gasteiger partial charge is 0.373 e. The Bertz CT molecular complexity index is 479. The molecular formula is C14H19FN2O2. The maximum absolute atomic E-state index is 13.1. The van der Waals surface area contributed by atoms with Crippen molar-refractivity contribution in [2.24, 2.45) is 5.73 Å². The summed E-state index contributed by atoms with van der Waals surface area (Å²) >= 11 is 0. The van der Waals surface area contributed by atoms with Crippen LogP contribution < -0.4 is 5.73 Å². The van der Waals surface area contributed by atoms with Crippen molar-refractivity contribution in [1.82, 2.24) is 4.90 Å². The molecule has 0 aliphatic carbocycles. The molecule has 1 aliphatic heterocycles. The number of nitrogens with two attached hydrogens (primary N) is 1. The van der Waals surface area contributed by atoms with Crippen LogP contribution >= 0.6 is 0 Å². The molecule has 4 nitrogen and oxygen atoms in total. The molecule has 1 aliphatic rings. The van der Waals surface area contributed by atoms with Crippen molar-refractivity contribution >= 4 is 5.91 Å². The summed E-state index contributed by atoms with van der Waals surface area (Å²) in [5.74, 6) is -0.421. The molecular weight excluding hydrogens is 247 g/mol. The minimum absolute atomic E-state index is 0.000229. The van der Waals surface area contributed by atoms with Gasteiger partial charge in [0.15, 0.2) is 0 Å². The third-order valence-corrected chi connectivity index (χ3v) is 3.45. The summed E-state index contributed by atoms with van der Waals surface area (Å²) in [4.78, 5) is 14.3. The number of rotatable bonds is 2. The number of amides is 1. The molecule has 2 atom stereocenters. The van der Waals surface area contributed by atoms with Crippen molar-refractivity contribution in [2.75, 3.05) is 19.7 Å². The Morgan fingerprint density at radius 1 is 1.58 bits per heavy atom. The number of morpholine rings is 1. The number of carbonyl (C=O) groups excluding carboxylic acids is 1. The molecule has 2 unspecified atom stereocenters. The van der Waals surface area contributed by atoms with Gasteiger partial charge >= 0.3 is 0 Å². The van der Waals surface area contributed by atoms with Crippen LogP contribution in [0.25, 0.3) is 0 Å². The van der Waals surface area contributed by atoms with E-state index in [9.17, 15) is 9.18 Å². The highest BCUT2D eigenvalue weighted by Gasteiger charge is 2.30. The third kappa shape index (κ3) is 2.93. The fraction of sp³-hybridized carbons (Fsp3) is 0.500. The monoisotopic (exact) mass is 266 g/mol. The van der Waals surface area contributed by atoms with Gasteiger partial charge in [0.2, 0.25) is 0 Å². The Labute approximate surface area is 112 Å². The molecule has 0 aromatic heterocycles. The highest BCUT2D eigenvalue weighted by molar-refractivity contribution is 5.95. The lowest BCUT2D eigenvalue weighted by molar-refractivity contribution is -0.0426. The Morgan fingerprint density at radius 2 is 2.32 bits per heavy atom. The van der Waals surface area contributed by atoms with Gasteiger partial charge in [0.25, 0.3) is 5.91 Å². The van der Waals surface area contributed by atoms with Crippen molar-refractivity contribution in [3.05, 3.63) is 35.1 Å². The summed E-state index contributed by atoms with van der Waals surface area (Å²) in [7, 11) is 0. The second kappa shape index (κ2) is 5.67. The molecule has 1 saturated heterocycles. The molecule has 2 rings (SSSR count). The number of hydrogen-bond donors (Lipinski definition) is 1. The lowest BCUT2D eigenvalue weighted by atomic mass is 10.1. The zero-order valence-corrected chi connectivity index (χ0v) is 11.2. The Kier molecular flexibility index (Phi) is 4.17. The lowest BCUT2D eigenvalue weighted by Crippen LogP contribution is -2.53. The molecule has 5 heteroatoms. The number of benzene rings is 1. The van der Waals surface area contributed by atoms with Crippen molar-refractivity contribution in [3.63, 3.8) is 0 Å². The van der Waals surface area contributed by atoms with Crippen LogP contribution in [-0.2, 0) is 4.74 Å². The highest BCUT2D eigenvalue weighted by atomic mass is 19.1. The van der Waals surface area contributed by atoms with Crippen LogP contribution in [0, 0.1) is 12.7 Å². The molecule has 0 spiro atoms. The first-order valence-electron chi connectivity index (χ1n) is 6.41. The molecule has 0 radical (unpaired) electrons. The van der Waals surface area contributed by atoms with Crippen LogP contribution in [0.2, 0.25) is 0 Å². The Morgan fingerprint density at radius 3 is 2.95 bits per heavy atom. The molecule has 1 amide bonds. The van der Waals surface area contributed by atoms with Gasteiger partial charge in [0.1, 0.15) is 5.82 Å². The smallest absolute Gasteiger partial charge is 0.254 e. The molecule has 1 heterocycles. The average Bonchev–Trinajstić information content (AvgIpc) is 2.38. The van der Waals surface area contributed by atoms with Crippen molar-refractivity contribution in [3.8, 4) is 0 Å². The first-order chi connectivity index (χ1) is 9.02. The molecule has 1 fully saturated rings. The van der Waals surface area contributed by atoms with Crippen molar-refractivity contribution in [2.45, 2.75) is 26.0 Å². The summed E-state index contributed by atoms with van der Waals surface area (Å²) in [5.41, 5.74) is 6.77. The highest BCUT2D eigenvalue weighted by Crippen LogP contribution is 2.18. The van der Waals surface area contributed by atoms with Crippen LogP contribution in [0.15, 0.2) is 18.2 Å². The zero-order valence-electron chi connectivity index (χ0n) is 11.2. The van der Waals surface area contributed by atoms with E-state index in [0.717, 1.165) is 0 Å². The second-order valence-electron chi connectivity index (χ2n) is 4.96. The number of aryl methyl sites for hydroxylation is 1. The van der Waals surface area contributed by atoms with Crippen LogP contribution in [0.4, 0.5) is 4.39 Å². The van der Waals surface area contributed by atoms with Gasteiger partial charge in [-0.25, -0.2) is 4.39 Å². The van der Waals surface area contributed by atoms with Gasteiger partial charge in [0.05, 0.1) is 18.8 Å². The number of carbonyl (C=O) groups is 1. The summed E-state index contributed by atoms with van der Waals surface area (Å²) in [6, 6.07) is 4.22. The number of nitrogens with zero attached hydrogens (tertiary/aromatic N) is 1. The maximum atomic E-state index is 13.1. The lowest BCUT2D eigenvalue weighted by Gasteiger charge is -2.38. The van der Waals surface area contributed by atoms with Gasteiger partial charge in [-0.05, 0) is 37.6 Å². The van der Waals surface area contributed by atoms with Gasteiger partial charge in [0, 0.05) is 18.7 Å². The van der Waals surface area contributed by atoms with E-state index in [2.05, 4.69) is 0 Å². The quantitative estimate of drug-likeness (QED) is 0.878. The van der Waals surface area contributed by atoms with Gasteiger partial charge in [-0.1, -0.05) is 0 Å². The fourth-order valence-electron chi connectivity index (χ4n) is 2.26. The number of halogens is 1. The second-order valence-corrected chi connectivity index (χ2v) is 4.96. The molecule has 1 aromatic carbocycles. The first kappa shape index (κ1) is 14.0. The summed E-state index contributed by atoms with van der Waals surface area (Å²) in [6.07, 6.45) is -0.124. The average molecular weight is 266 g/mol. The summed E-state index contributed by atoms with van der Waals surface area (Å²) < 4.78 is 18.6. The normalized spacial score (nSPS) is 23.5. The molecule has 19 heavy (non-hydrogen) atoms. The van der Waals surface area contributed by atoms with E-state index in [1.54, 1.807) is 11.8 Å². The van der Waals surface area contributed by atoms with Crippen LogP contribution in [-0.4, -0.2) is 42.6 Å². The molecule has 104 valence electrons. The number of ether oxygens (including phenoxy) is 1. The van der Waals surface area contributed by atoms with E-state index in [1.165, 1.54) is 18.2 Å². The van der Waals surface area contributed by atoms with Gasteiger partial charge < -0.3 is 15.4 Å². The van der Waals surface area contributed by atoms with E-state index in [1.807, 2.05) is 6.92 Å². The van der Waals surface area contributed by atoms with Gasteiger partial charge in [-0.3, -0.25) is 4.79 Å². The molecule has 1 aromatic rings. The van der Waals surface area contributed by atoms with E-state index in [0.29, 0.717) is 30.8 Å². The van der Waals surface area contributed by atoms with Crippen LogP contribution in [0.5, 0.6) is 0 Å². The minimum Gasteiger partial charge on any atom is -0.373 e. The van der Waals surface area contributed by atoms with E-state index >= 15 is 0 Å². The minimum atomic E-state index is -0.330. The topological polar surface area (TPSA) is 55.6 Å². The van der Waals surface area contributed by atoms with Gasteiger partial charge in [-0.2, -0.15) is 0 Å². The number of hydrogen-bond acceptors (Lipinski definition) is 3. The van der Waals surface area contributed by atoms with Crippen LogP contribution in [0.3, 0.4) is 0 Å². The van der Waals surface area contributed by atoms with Crippen molar-refractivity contribution < 1.29 is 13.9 Å². The Hall–Kier alpha value is -1.46. The standard InChI is InChI=1S/C14H19FN2O2/c1-9-5-11(15)3-4-13(9)14(18)17-7-12(6-16)19-8-10(17)2/h3-5,10,12H,6-8,16H2,1-2H3. The molecule has 0 saturated carbocycles. The van der Waals surface area contributed by atoms with E-state index in [-0.39, 0.29) is 23.9 Å². The predicted molar refractivity (Wildman–Crippen MR) is 70.4 cm³/mol. The van der Waals surface area contributed by atoms with E-state index < -0.39 is 0 Å². The van der Waals surface area contributed by atoms with Gasteiger partial charge in [-0.15, -0.1) is 0 Å². The van der Waals surface area contributed by atoms with Crippen molar-refractivity contribution in [1.29, 1.82) is 0 Å².